The van der Waals surface area contributed by atoms with Crippen molar-refractivity contribution < 1.29 is 18.7 Å². The van der Waals surface area contributed by atoms with Crippen molar-refractivity contribution in [2.45, 2.75) is 9.79 Å². The first kappa shape index (κ1) is 16.5. The summed E-state index contributed by atoms with van der Waals surface area (Å²) in [5.41, 5.74) is 1.14. The van der Waals surface area contributed by atoms with Crippen molar-refractivity contribution in [2.75, 3.05) is 18.6 Å². The fraction of sp³-hybridized carbons (Fsp3) is 0.111. The summed E-state index contributed by atoms with van der Waals surface area (Å²) in [5.74, 6) is -0.506. The smallest absolute Gasteiger partial charge is 0.256 e. The molecule has 132 valence electrons. The van der Waals surface area contributed by atoms with E-state index in [0.717, 1.165) is 11.8 Å². The second-order valence-electron chi connectivity index (χ2n) is 5.67. The third-order valence-electron chi connectivity index (χ3n) is 3.94. The van der Waals surface area contributed by atoms with E-state index in [1.807, 2.05) is 0 Å². The molecule has 26 heavy (non-hydrogen) atoms. The Bertz CT molecular complexity index is 945. The highest BCUT2D eigenvalue weighted by atomic mass is 32.2. The van der Waals surface area contributed by atoms with E-state index in [9.17, 15) is 14.0 Å². The first-order valence-electron chi connectivity index (χ1n) is 7.87. The van der Waals surface area contributed by atoms with Crippen LogP contribution in [0.15, 0.2) is 58.1 Å². The van der Waals surface area contributed by atoms with Crippen LogP contribution in [0, 0.1) is 5.82 Å². The number of anilines is 1. The molecular formula is C18H14FN3O3S. The fourth-order valence-corrected chi connectivity index (χ4v) is 3.66. The topological polar surface area (TPSA) is 79.5 Å². The van der Waals surface area contributed by atoms with Crippen molar-refractivity contribution >= 4 is 29.3 Å². The maximum atomic E-state index is 14.1. The van der Waals surface area contributed by atoms with E-state index in [1.54, 1.807) is 30.5 Å². The molecule has 0 aliphatic carbocycles. The molecule has 2 aromatic rings. The van der Waals surface area contributed by atoms with E-state index >= 15 is 0 Å². The summed E-state index contributed by atoms with van der Waals surface area (Å²) < 4.78 is 19.3. The highest BCUT2D eigenvalue weighted by molar-refractivity contribution is 7.99. The van der Waals surface area contributed by atoms with E-state index in [1.165, 1.54) is 12.1 Å². The first-order chi connectivity index (χ1) is 12.6. The first-order valence-corrected chi connectivity index (χ1v) is 8.68. The summed E-state index contributed by atoms with van der Waals surface area (Å²) in [6, 6.07) is 9.31. The number of benzene rings is 2. The number of carbonyl (C=O) groups excluding carboxylic acids is 2. The predicted octanol–water partition coefficient (Wildman–Crippen LogP) is 2.69. The monoisotopic (exact) mass is 371 g/mol. The van der Waals surface area contributed by atoms with E-state index in [2.05, 4.69) is 16.0 Å². The number of fused-ring (bicyclic) bond motifs is 2. The molecule has 0 aromatic heterocycles. The molecule has 0 spiro atoms. The van der Waals surface area contributed by atoms with Gasteiger partial charge in [-0.1, -0.05) is 17.8 Å². The predicted molar refractivity (Wildman–Crippen MR) is 94.4 cm³/mol. The Kier molecular flexibility index (Phi) is 4.26. The minimum atomic E-state index is -0.448. The average molecular weight is 371 g/mol. The number of amides is 2. The molecular weight excluding hydrogens is 357 g/mol. The summed E-state index contributed by atoms with van der Waals surface area (Å²) >= 11 is 1.16. The van der Waals surface area contributed by atoms with Crippen LogP contribution < -0.4 is 16.0 Å². The van der Waals surface area contributed by atoms with Crippen LogP contribution in [-0.4, -0.2) is 25.1 Å². The van der Waals surface area contributed by atoms with Crippen LogP contribution in [0.3, 0.4) is 0 Å². The van der Waals surface area contributed by atoms with E-state index in [-0.39, 0.29) is 22.9 Å². The summed E-state index contributed by atoms with van der Waals surface area (Å²) in [5, 5.41) is 8.38. The van der Waals surface area contributed by atoms with Gasteiger partial charge in [-0.2, -0.15) is 0 Å². The molecule has 2 heterocycles. The molecule has 6 nitrogen and oxygen atoms in total. The molecule has 2 aliphatic heterocycles. The molecule has 2 aliphatic rings. The second-order valence-corrected chi connectivity index (χ2v) is 6.72. The van der Waals surface area contributed by atoms with Crippen molar-refractivity contribution in [1.29, 1.82) is 0 Å². The van der Waals surface area contributed by atoms with Gasteiger partial charge in [-0.25, -0.2) is 4.39 Å². The molecule has 0 radical (unpaired) electrons. The highest BCUT2D eigenvalue weighted by Crippen LogP contribution is 2.40. The molecule has 0 saturated carbocycles. The van der Waals surface area contributed by atoms with Crippen LogP contribution in [0.4, 0.5) is 10.1 Å². The Hall–Kier alpha value is -3.00. The van der Waals surface area contributed by atoms with Gasteiger partial charge in [0.15, 0.2) is 6.73 Å². The van der Waals surface area contributed by atoms with Crippen LogP contribution in [0.25, 0.3) is 0 Å². The van der Waals surface area contributed by atoms with Crippen molar-refractivity contribution in [3.8, 4) is 0 Å². The molecule has 0 unspecified atom stereocenters. The van der Waals surface area contributed by atoms with Crippen LogP contribution in [0.1, 0.15) is 20.7 Å². The molecule has 0 atom stereocenters. The lowest BCUT2D eigenvalue weighted by molar-refractivity contribution is 0.0947. The van der Waals surface area contributed by atoms with E-state index in [0.29, 0.717) is 28.6 Å². The highest BCUT2D eigenvalue weighted by Gasteiger charge is 2.23. The Balaban J connectivity index is 1.57. The van der Waals surface area contributed by atoms with Crippen molar-refractivity contribution in [1.82, 2.24) is 10.6 Å². The normalized spacial score (nSPS) is 14.8. The molecule has 0 bridgehead atoms. The Morgan fingerprint density at radius 3 is 3.00 bits per heavy atom. The van der Waals surface area contributed by atoms with Crippen molar-refractivity contribution in [3.63, 3.8) is 0 Å². The quantitative estimate of drug-likeness (QED) is 0.773. The van der Waals surface area contributed by atoms with Crippen LogP contribution in [-0.2, 0) is 4.74 Å². The van der Waals surface area contributed by atoms with E-state index < -0.39 is 11.7 Å². The summed E-state index contributed by atoms with van der Waals surface area (Å²) in [4.78, 5) is 25.7. The molecule has 8 heteroatoms. The maximum Gasteiger partial charge on any atom is 0.256 e. The zero-order chi connectivity index (χ0) is 18.1. The van der Waals surface area contributed by atoms with Gasteiger partial charge < -0.3 is 20.7 Å². The number of hydrogen-bond acceptors (Lipinski definition) is 5. The maximum absolute atomic E-state index is 14.1. The largest absolute Gasteiger partial charge is 0.474 e. The van der Waals surface area contributed by atoms with Crippen molar-refractivity contribution in [3.05, 3.63) is 65.3 Å². The molecule has 0 saturated heterocycles. The minimum absolute atomic E-state index is 0.265. The average Bonchev–Trinajstić information content (AvgIpc) is 3.11. The summed E-state index contributed by atoms with van der Waals surface area (Å²) in [7, 11) is 0. The Labute approximate surface area is 152 Å². The minimum Gasteiger partial charge on any atom is -0.474 e. The molecule has 0 fully saturated rings. The molecule has 4 rings (SSSR count). The third-order valence-corrected chi connectivity index (χ3v) is 5.14. The summed E-state index contributed by atoms with van der Waals surface area (Å²) in [6.45, 7) is 0.658. The number of hydrogen-bond donors (Lipinski definition) is 3. The lowest BCUT2D eigenvalue weighted by atomic mass is 10.1. The zero-order valence-electron chi connectivity index (χ0n) is 13.5. The number of nitrogens with one attached hydrogen (secondary N) is 3. The zero-order valence-corrected chi connectivity index (χ0v) is 14.3. The van der Waals surface area contributed by atoms with Gasteiger partial charge in [-0.15, -0.1) is 0 Å². The van der Waals surface area contributed by atoms with Crippen LogP contribution in [0.5, 0.6) is 0 Å². The number of halogens is 1. The standard InChI is InChI=1S/C18H14FN3O3S/c19-13-3-1-2-12-16(13)26-15-5-4-10(6-14(15)22-18(12)24)17(23)21-8-11-7-20-9-25-11/h1-7,20H,8-9H2,(H,21,23)(H,22,24). The van der Waals surface area contributed by atoms with Gasteiger partial charge >= 0.3 is 0 Å². The fourth-order valence-electron chi connectivity index (χ4n) is 2.65. The Morgan fingerprint density at radius 2 is 2.19 bits per heavy atom. The van der Waals surface area contributed by atoms with Gasteiger partial charge in [0.05, 0.1) is 22.7 Å². The third kappa shape index (κ3) is 3.11. The van der Waals surface area contributed by atoms with Gasteiger partial charge in [0, 0.05) is 16.7 Å². The van der Waals surface area contributed by atoms with Gasteiger partial charge in [0.2, 0.25) is 0 Å². The van der Waals surface area contributed by atoms with Gasteiger partial charge in [0.25, 0.3) is 11.8 Å². The SMILES string of the molecule is O=C(NCC1=CNCO1)c1ccc2c(c1)NC(=O)c1cccc(F)c1S2. The second kappa shape index (κ2) is 6.72. The summed E-state index contributed by atoms with van der Waals surface area (Å²) in [6.07, 6.45) is 1.69. The molecule has 2 amide bonds. The molecule has 2 aromatic carbocycles. The van der Waals surface area contributed by atoms with Gasteiger partial charge in [-0.05, 0) is 30.3 Å². The number of ether oxygens (including phenoxy) is 1. The van der Waals surface area contributed by atoms with Crippen LogP contribution in [0.2, 0.25) is 0 Å². The lowest BCUT2D eigenvalue weighted by Gasteiger charge is -2.10. The molecule has 3 N–H and O–H groups in total. The van der Waals surface area contributed by atoms with Crippen LogP contribution >= 0.6 is 11.8 Å². The van der Waals surface area contributed by atoms with E-state index in [4.69, 9.17) is 4.74 Å². The Morgan fingerprint density at radius 1 is 1.31 bits per heavy atom. The number of rotatable bonds is 3. The van der Waals surface area contributed by atoms with Gasteiger partial charge in [-0.3, -0.25) is 9.59 Å². The van der Waals surface area contributed by atoms with Crippen molar-refractivity contribution in [2.24, 2.45) is 0 Å². The van der Waals surface area contributed by atoms with Gasteiger partial charge in [0.1, 0.15) is 11.6 Å². The number of carbonyl (C=O) groups is 2. The lowest BCUT2D eigenvalue weighted by Crippen LogP contribution is -2.26.